The minimum Gasteiger partial charge on any atom is -0.478 e. The van der Waals surface area contributed by atoms with Gasteiger partial charge in [-0.15, -0.1) is 0 Å². The van der Waals surface area contributed by atoms with Crippen LogP contribution in [0.15, 0.2) is 112 Å². The lowest BCUT2D eigenvalue weighted by Gasteiger charge is -2.19. The molecule has 1 aliphatic rings. The summed E-state index contributed by atoms with van der Waals surface area (Å²) >= 11 is 0. The first kappa shape index (κ1) is 22.2. The van der Waals surface area contributed by atoms with Crippen LogP contribution in [0.2, 0.25) is 0 Å². The van der Waals surface area contributed by atoms with Gasteiger partial charge in [0.2, 0.25) is 5.78 Å². The van der Waals surface area contributed by atoms with E-state index in [1.165, 1.54) is 24.3 Å². The second-order valence-corrected chi connectivity index (χ2v) is 9.51. The number of carbonyl (C=O) groups is 2. The van der Waals surface area contributed by atoms with Crippen LogP contribution in [-0.2, 0) is 10.0 Å². The molecule has 1 aliphatic carbocycles. The number of carbonyl (C=O) groups excluding carboxylic acids is 1. The predicted octanol–water partition coefficient (Wildman–Crippen LogP) is 4.91. The van der Waals surface area contributed by atoms with Gasteiger partial charge in [0.1, 0.15) is 0 Å². The molecular weight excluding hydrogens is 464 g/mol. The minimum absolute atomic E-state index is 0.0372. The number of sulfonamides is 1. The number of nitrogens with zero attached hydrogens (tertiary/aromatic N) is 1. The van der Waals surface area contributed by atoms with Gasteiger partial charge in [0.25, 0.3) is 10.0 Å². The van der Waals surface area contributed by atoms with Gasteiger partial charge in [0.15, 0.2) is 0 Å². The van der Waals surface area contributed by atoms with Crippen LogP contribution in [0.5, 0.6) is 0 Å². The molecule has 7 nitrogen and oxygen atoms in total. The number of anilines is 1. The number of benzene rings is 4. The molecule has 4 aromatic carbocycles. The van der Waals surface area contributed by atoms with Crippen molar-refractivity contribution in [3.05, 3.63) is 119 Å². The second-order valence-electron chi connectivity index (χ2n) is 7.90. The Bertz CT molecular complexity index is 1690. The Morgan fingerprint density at radius 3 is 2.29 bits per heavy atom. The molecule has 0 saturated carbocycles. The van der Waals surface area contributed by atoms with Crippen molar-refractivity contribution in [3.63, 3.8) is 0 Å². The number of carboxylic acids is 1. The maximum Gasteiger partial charge on any atom is 0.335 e. The molecule has 0 aliphatic heterocycles. The number of carboxylic acid groups (broad SMARTS) is 1. The highest BCUT2D eigenvalue weighted by Crippen LogP contribution is 2.26. The van der Waals surface area contributed by atoms with Gasteiger partial charge in [-0.25, -0.2) is 4.79 Å². The number of hydrogen-bond acceptors (Lipinski definition) is 5. The van der Waals surface area contributed by atoms with Crippen LogP contribution in [0.1, 0.15) is 26.3 Å². The Hall–Kier alpha value is -4.56. The van der Waals surface area contributed by atoms with E-state index >= 15 is 0 Å². The zero-order valence-electron chi connectivity index (χ0n) is 18.2. The topological polar surface area (TPSA) is 113 Å². The number of allylic oxidation sites excluding steroid dienone is 2. The molecule has 0 bridgehead atoms. The summed E-state index contributed by atoms with van der Waals surface area (Å²) in [4.78, 5) is 24.5. The average Bonchev–Trinajstić information content (AvgIpc) is 2.86. The van der Waals surface area contributed by atoms with Gasteiger partial charge in [-0.2, -0.15) is 12.8 Å². The lowest BCUT2D eigenvalue weighted by molar-refractivity contribution is 0.0696. The largest absolute Gasteiger partial charge is 0.478 e. The third-order valence-corrected chi connectivity index (χ3v) is 6.89. The molecule has 2 N–H and O–H groups in total. The van der Waals surface area contributed by atoms with Crippen molar-refractivity contribution in [2.75, 3.05) is 5.32 Å². The van der Waals surface area contributed by atoms with E-state index in [1.807, 2.05) is 24.3 Å². The number of nitrogens with one attached hydrogen (secondary N) is 1. The van der Waals surface area contributed by atoms with Gasteiger partial charge in [-0.05, 0) is 47.2 Å². The summed E-state index contributed by atoms with van der Waals surface area (Å²) in [5.41, 5.74) is 1.29. The smallest absolute Gasteiger partial charge is 0.335 e. The Balaban J connectivity index is 1.60. The van der Waals surface area contributed by atoms with Gasteiger partial charge in [0.05, 0.1) is 21.9 Å². The lowest BCUT2D eigenvalue weighted by atomic mass is 9.92. The highest BCUT2D eigenvalue weighted by atomic mass is 32.2. The number of ketones is 1. The van der Waals surface area contributed by atoms with Crippen LogP contribution >= 0.6 is 0 Å². The summed E-state index contributed by atoms with van der Waals surface area (Å²) in [6, 6.07) is 24.8. The van der Waals surface area contributed by atoms with Gasteiger partial charge in [-0.3, -0.25) is 4.79 Å². The summed E-state index contributed by atoms with van der Waals surface area (Å²) in [5.74, 6) is -1.46. The van der Waals surface area contributed by atoms with Gasteiger partial charge < -0.3 is 10.4 Å². The zero-order valence-corrected chi connectivity index (χ0v) is 19.0. The SMILES string of the molecule is O=C(O)c1cccc(NC2=C/C(=N\S(=O)(=O)c3ccc4ccccc4c3)c3ccccc3C2=O)c1. The first-order valence-electron chi connectivity index (χ1n) is 10.6. The molecule has 5 rings (SSSR count). The molecule has 4 aromatic rings. The highest BCUT2D eigenvalue weighted by molar-refractivity contribution is 7.90. The number of rotatable bonds is 5. The van der Waals surface area contributed by atoms with Crippen LogP contribution in [0.25, 0.3) is 10.8 Å². The number of aromatic carboxylic acids is 1. The summed E-state index contributed by atoms with van der Waals surface area (Å²) in [5, 5.41) is 13.8. The van der Waals surface area contributed by atoms with E-state index in [0.717, 1.165) is 10.8 Å². The molecule has 172 valence electrons. The number of Topliss-reactive ketones (excluding diaryl/α,β-unsaturated/α-hetero) is 1. The summed E-state index contributed by atoms with van der Waals surface area (Å²) < 4.78 is 30.5. The molecular formula is C27H18N2O5S. The Kier molecular flexibility index (Phi) is 5.50. The molecule has 0 radical (unpaired) electrons. The molecule has 35 heavy (non-hydrogen) atoms. The number of fused-ring (bicyclic) bond motifs is 2. The van der Waals surface area contributed by atoms with Crippen molar-refractivity contribution in [1.82, 2.24) is 0 Å². The fraction of sp³-hybridized carbons (Fsp3) is 0. The van der Waals surface area contributed by atoms with Gasteiger partial charge >= 0.3 is 5.97 Å². The first-order valence-corrected chi connectivity index (χ1v) is 12.1. The third kappa shape index (κ3) is 4.34. The van der Waals surface area contributed by atoms with E-state index in [0.29, 0.717) is 16.8 Å². The molecule has 0 unspecified atom stereocenters. The highest BCUT2D eigenvalue weighted by Gasteiger charge is 2.26. The van der Waals surface area contributed by atoms with Gasteiger partial charge in [-0.1, -0.05) is 60.7 Å². The summed E-state index contributed by atoms with van der Waals surface area (Å²) in [6.45, 7) is 0. The van der Waals surface area contributed by atoms with Crippen molar-refractivity contribution in [1.29, 1.82) is 0 Å². The fourth-order valence-corrected chi connectivity index (χ4v) is 4.92. The summed E-state index contributed by atoms with van der Waals surface area (Å²) in [6.07, 6.45) is 1.37. The van der Waals surface area contributed by atoms with Crippen molar-refractivity contribution in [2.24, 2.45) is 4.40 Å². The summed E-state index contributed by atoms with van der Waals surface area (Å²) in [7, 11) is -4.10. The van der Waals surface area contributed by atoms with E-state index in [4.69, 9.17) is 0 Å². The minimum atomic E-state index is -4.10. The Morgan fingerprint density at radius 2 is 1.51 bits per heavy atom. The van der Waals surface area contributed by atoms with Crippen molar-refractivity contribution in [3.8, 4) is 0 Å². The van der Waals surface area contributed by atoms with Crippen molar-refractivity contribution < 1.29 is 23.1 Å². The van der Waals surface area contributed by atoms with Gasteiger partial charge in [0, 0.05) is 16.8 Å². The normalized spacial score (nSPS) is 14.5. The predicted molar refractivity (Wildman–Crippen MR) is 134 cm³/mol. The second kappa shape index (κ2) is 8.66. The van der Waals surface area contributed by atoms with Crippen molar-refractivity contribution >= 4 is 43.9 Å². The monoisotopic (exact) mass is 482 g/mol. The molecule has 0 spiro atoms. The van der Waals surface area contributed by atoms with E-state index in [9.17, 15) is 23.1 Å². The molecule has 0 fully saturated rings. The van der Waals surface area contributed by atoms with E-state index in [2.05, 4.69) is 9.71 Å². The Labute approximate surface area is 201 Å². The molecule has 0 heterocycles. The molecule has 0 atom stereocenters. The van der Waals surface area contributed by atoms with Crippen LogP contribution in [0.3, 0.4) is 0 Å². The molecule has 0 amide bonds. The number of hydrogen-bond donors (Lipinski definition) is 2. The first-order chi connectivity index (χ1) is 16.8. The van der Waals surface area contributed by atoms with Crippen LogP contribution in [-0.4, -0.2) is 31.0 Å². The third-order valence-electron chi connectivity index (χ3n) is 5.60. The van der Waals surface area contributed by atoms with Crippen LogP contribution in [0, 0.1) is 0 Å². The standard InChI is InChI=1S/C27H18N2O5S/c30-26-23-11-4-3-10-22(23)24(16-25(26)28-20-9-5-8-19(14-20)27(31)32)29-35(33,34)21-13-12-17-6-1-2-7-18(17)15-21/h1-16,28H,(H,31,32)/b29-24+. The molecule has 0 saturated heterocycles. The van der Waals surface area contributed by atoms with Crippen molar-refractivity contribution in [2.45, 2.75) is 4.90 Å². The fourth-order valence-electron chi connectivity index (χ4n) is 3.89. The maximum atomic E-state index is 13.2. The maximum absolute atomic E-state index is 13.2. The molecule has 8 heteroatoms. The lowest BCUT2D eigenvalue weighted by Crippen LogP contribution is -2.22. The zero-order chi connectivity index (χ0) is 24.6. The van der Waals surface area contributed by atoms with E-state index in [1.54, 1.807) is 48.5 Å². The van der Waals surface area contributed by atoms with Crippen LogP contribution < -0.4 is 5.32 Å². The van der Waals surface area contributed by atoms with Crippen LogP contribution in [0.4, 0.5) is 5.69 Å². The van der Waals surface area contributed by atoms with E-state index in [-0.39, 0.29) is 27.7 Å². The quantitative estimate of drug-likeness (QED) is 0.418. The van der Waals surface area contributed by atoms with E-state index < -0.39 is 16.0 Å². The Morgan fingerprint density at radius 1 is 0.800 bits per heavy atom. The molecule has 0 aromatic heterocycles. The average molecular weight is 483 g/mol.